The molecular formula is C23H37NO2. The molecule has 1 unspecified atom stereocenters. The van der Waals surface area contributed by atoms with Crippen LogP contribution in [0.4, 0.5) is 5.69 Å². The molecule has 3 nitrogen and oxygen atoms in total. The first-order valence-corrected chi connectivity index (χ1v) is 10.0. The van der Waals surface area contributed by atoms with Gasteiger partial charge in [0.1, 0.15) is 11.6 Å². The van der Waals surface area contributed by atoms with Crippen LogP contribution >= 0.6 is 0 Å². The van der Waals surface area contributed by atoms with Gasteiger partial charge in [-0.15, -0.1) is 0 Å². The molecule has 1 rings (SSSR count). The van der Waals surface area contributed by atoms with Crippen LogP contribution in [0.3, 0.4) is 0 Å². The molecule has 0 radical (unpaired) electrons. The van der Waals surface area contributed by atoms with Crippen LogP contribution in [0.15, 0.2) is 24.3 Å². The Hall–Kier alpha value is -1.64. The highest BCUT2D eigenvalue weighted by molar-refractivity contribution is 5.83. The summed E-state index contributed by atoms with van der Waals surface area (Å²) in [4.78, 5) is 24.1. The van der Waals surface area contributed by atoms with Crippen LogP contribution in [0.2, 0.25) is 0 Å². The summed E-state index contributed by atoms with van der Waals surface area (Å²) in [5.41, 5.74) is 2.25. The number of nitrogens with one attached hydrogen (secondary N) is 1. The number of hydrogen-bond acceptors (Lipinski definition) is 3. The number of hydrogen-bond donors (Lipinski definition) is 1. The molecule has 3 heteroatoms. The van der Waals surface area contributed by atoms with E-state index in [9.17, 15) is 9.59 Å². The summed E-state index contributed by atoms with van der Waals surface area (Å²) in [5.74, 6) is 0.674. The lowest BCUT2D eigenvalue weighted by Crippen LogP contribution is -2.22. The van der Waals surface area contributed by atoms with Crippen molar-refractivity contribution in [3.63, 3.8) is 0 Å². The average molecular weight is 360 g/mol. The number of anilines is 1. The van der Waals surface area contributed by atoms with Gasteiger partial charge in [0.15, 0.2) is 0 Å². The van der Waals surface area contributed by atoms with Crippen molar-refractivity contribution in [2.45, 2.75) is 86.1 Å². The summed E-state index contributed by atoms with van der Waals surface area (Å²) in [7, 11) is 0. The Morgan fingerprint density at radius 2 is 1.69 bits per heavy atom. The van der Waals surface area contributed by atoms with Crippen LogP contribution in [-0.2, 0) is 16.0 Å². The summed E-state index contributed by atoms with van der Waals surface area (Å²) in [6, 6.07) is 8.56. The van der Waals surface area contributed by atoms with Gasteiger partial charge in [-0.05, 0) is 56.2 Å². The fourth-order valence-electron chi connectivity index (χ4n) is 3.41. The van der Waals surface area contributed by atoms with Gasteiger partial charge < -0.3 is 5.32 Å². The van der Waals surface area contributed by atoms with Gasteiger partial charge in [0.25, 0.3) is 0 Å². The number of Topliss-reactive ketones (excluding diaryl/α,β-unsaturated/α-hetero) is 2. The van der Waals surface area contributed by atoms with Crippen molar-refractivity contribution >= 4 is 17.3 Å². The summed E-state index contributed by atoms with van der Waals surface area (Å²) in [6.07, 6.45) is 4.57. The van der Waals surface area contributed by atoms with Crippen molar-refractivity contribution in [3.05, 3.63) is 29.8 Å². The third-order valence-corrected chi connectivity index (χ3v) is 4.90. The van der Waals surface area contributed by atoms with Crippen LogP contribution in [0, 0.1) is 11.3 Å². The normalized spacial score (nSPS) is 12.9. The number of benzene rings is 1. The lowest BCUT2D eigenvalue weighted by Gasteiger charge is -2.27. The lowest BCUT2D eigenvalue weighted by atomic mass is 9.77. The third-order valence-electron chi connectivity index (χ3n) is 4.90. The molecule has 0 fully saturated rings. The van der Waals surface area contributed by atoms with E-state index in [2.05, 4.69) is 33.0 Å². The maximum absolute atomic E-state index is 12.6. The molecule has 0 saturated carbocycles. The molecule has 1 aromatic rings. The van der Waals surface area contributed by atoms with E-state index in [1.807, 2.05) is 38.1 Å². The lowest BCUT2D eigenvalue weighted by molar-refractivity contribution is -0.123. The smallest absolute Gasteiger partial charge is 0.140 e. The molecular weight excluding hydrogens is 322 g/mol. The minimum Gasteiger partial charge on any atom is -0.383 e. The fraction of sp³-hybridized carbons (Fsp3) is 0.652. The van der Waals surface area contributed by atoms with E-state index in [4.69, 9.17) is 0 Å². The topological polar surface area (TPSA) is 46.2 Å². The van der Waals surface area contributed by atoms with E-state index in [1.54, 1.807) is 0 Å². The Labute approximate surface area is 160 Å². The molecule has 1 N–H and O–H groups in total. The highest BCUT2D eigenvalue weighted by atomic mass is 16.1. The molecule has 0 spiro atoms. The zero-order valence-electron chi connectivity index (χ0n) is 17.5. The van der Waals surface area contributed by atoms with Crippen molar-refractivity contribution < 1.29 is 9.59 Å². The Bertz CT molecular complexity index is 572. The van der Waals surface area contributed by atoms with Gasteiger partial charge in [0.05, 0.1) is 0 Å². The Morgan fingerprint density at radius 1 is 1.08 bits per heavy atom. The van der Waals surface area contributed by atoms with E-state index in [0.29, 0.717) is 36.9 Å². The van der Waals surface area contributed by atoms with E-state index in [1.165, 1.54) is 0 Å². The highest BCUT2D eigenvalue weighted by Gasteiger charge is 2.24. The van der Waals surface area contributed by atoms with Crippen LogP contribution in [0.5, 0.6) is 0 Å². The monoisotopic (exact) mass is 359 g/mol. The van der Waals surface area contributed by atoms with Crippen LogP contribution in [0.1, 0.15) is 79.2 Å². The molecule has 0 aliphatic heterocycles. The second-order valence-electron chi connectivity index (χ2n) is 8.65. The largest absolute Gasteiger partial charge is 0.383 e. The first kappa shape index (κ1) is 22.4. The molecule has 0 bridgehead atoms. The van der Waals surface area contributed by atoms with E-state index in [0.717, 1.165) is 30.5 Å². The predicted molar refractivity (Wildman–Crippen MR) is 111 cm³/mol. The maximum Gasteiger partial charge on any atom is 0.140 e. The minimum absolute atomic E-state index is 0.0420. The SMILES string of the molecule is CCC(=O)CCCC(C)(C)CC(C)C(=O)Cc1ccc(NC(C)C)cc1. The minimum atomic E-state index is 0.0420. The van der Waals surface area contributed by atoms with Crippen molar-refractivity contribution in [3.8, 4) is 0 Å². The van der Waals surface area contributed by atoms with Crippen molar-refractivity contribution in [2.24, 2.45) is 11.3 Å². The zero-order valence-corrected chi connectivity index (χ0v) is 17.5. The molecule has 0 amide bonds. The second kappa shape index (κ2) is 10.5. The molecule has 146 valence electrons. The highest BCUT2D eigenvalue weighted by Crippen LogP contribution is 2.32. The fourth-order valence-corrected chi connectivity index (χ4v) is 3.41. The summed E-state index contributed by atoms with van der Waals surface area (Å²) < 4.78 is 0. The molecule has 0 saturated heterocycles. The average Bonchev–Trinajstić information content (AvgIpc) is 2.55. The summed E-state index contributed by atoms with van der Waals surface area (Å²) >= 11 is 0. The van der Waals surface area contributed by atoms with Gasteiger partial charge in [0.2, 0.25) is 0 Å². The standard InChI is InChI=1S/C23H37NO2/c1-7-21(25)9-8-14-23(5,6)16-18(4)22(26)15-19-10-12-20(13-11-19)24-17(2)3/h10-13,17-18,24H,7-9,14-16H2,1-6H3. The van der Waals surface area contributed by atoms with Crippen LogP contribution < -0.4 is 5.32 Å². The summed E-state index contributed by atoms with van der Waals surface area (Å²) in [5, 5.41) is 3.36. The Balaban J connectivity index is 2.49. The first-order chi connectivity index (χ1) is 12.1. The number of carbonyl (C=O) groups is 2. The first-order valence-electron chi connectivity index (χ1n) is 10.0. The van der Waals surface area contributed by atoms with Crippen molar-refractivity contribution in [2.75, 3.05) is 5.32 Å². The number of ketones is 2. The van der Waals surface area contributed by atoms with Gasteiger partial charge in [0, 0.05) is 36.9 Å². The summed E-state index contributed by atoms with van der Waals surface area (Å²) in [6.45, 7) is 12.6. The number of carbonyl (C=O) groups excluding carboxylic acids is 2. The van der Waals surface area contributed by atoms with Gasteiger partial charge in [-0.3, -0.25) is 9.59 Å². The van der Waals surface area contributed by atoms with Gasteiger partial charge in [-0.2, -0.15) is 0 Å². The molecule has 0 aromatic heterocycles. The Kier molecular flexibility index (Phi) is 9.04. The molecule has 1 atom stereocenters. The maximum atomic E-state index is 12.6. The van der Waals surface area contributed by atoms with Crippen molar-refractivity contribution in [1.29, 1.82) is 0 Å². The molecule has 26 heavy (non-hydrogen) atoms. The third kappa shape index (κ3) is 8.64. The van der Waals surface area contributed by atoms with E-state index < -0.39 is 0 Å². The van der Waals surface area contributed by atoms with Crippen LogP contribution in [0.25, 0.3) is 0 Å². The van der Waals surface area contributed by atoms with Gasteiger partial charge >= 0.3 is 0 Å². The van der Waals surface area contributed by atoms with Crippen LogP contribution in [-0.4, -0.2) is 17.6 Å². The van der Waals surface area contributed by atoms with Crippen molar-refractivity contribution in [1.82, 2.24) is 0 Å². The number of rotatable bonds is 12. The van der Waals surface area contributed by atoms with E-state index >= 15 is 0 Å². The van der Waals surface area contributed by atoms with Gasteiger partial charge in [-0.25, -0.2) is 0 Å². The predicted octanol–water partition coefficient (Wildman–Crippen LogP) is 5.82. The zero-order chi connectivity index (χ0) is 19.7. The van der Waals surface area contributed by atoms with Gasteiger partial charge in [-0.1, -0.05) is 39.8 Å². The Morgan fingerprint density at radius 3 is 2.23 bits per heavy atom. The molecule has 0 heterocycles. The van der Waals surface area contributed by atoms with E-state index in [-0.39, 0.29) is 11.3 Å². The molecule has 1 aromatic carbocycles. The molecule has 0 aliphatic carbocycles. The quantitative estimate of drug-likeness (QED) is 0.511. The molecule has 0 aliphatic rings. The second-order valence-corrected chi connectivity index (χ2v) is 8.65.